The molecule has 0 spiro atoms. The molecule has 0 aromatic rings. The van der Waals surface area contributed by atoms with Crippen LogP contribution >= 0.6 is 15.6 Å². The maximum Gasteiger partial charge on any atom is 0.472 e. The van der Waals surface area contributed by atoms with E-state index in [-0.39, 0.29) is 25.7 Å². The Balaban J connectivity index is 5.25. The maximum atomic E-state index is 13.1. The number of aliphatic hydroxyl groups is 1. The molecule has 0 aliphatic carbocycles. The Morgan fingerprint density at radius 3 is 0.680 bits per heavy atom. The van der Waals surface area contributed by atoms with Crippen molar-refractivity contribution in [1.82, 2.24) is 0 Å². The molecular weight excluding hydrogens is 1310 g/mol. The van der Waals surface area contributed by atoms with Gasteiger partial charge in [-0.25, -0.2) is 9.13 Å². The molecular formula is C81H158O17P2. The van der Waals surface area contributed by atoms with Gasteiger partial charge in [0.2, 0.25) is 0 Å². The van der Waals surface area contributed by atoms with Crippen LogP contribution in [0.5, 0.6) is 0 Å². The summed E-state index contributed by atoms with van der Waals surface area (Å²) in [5.41, 5.74) is 0. The van der Waals surface area contributed by atoms with Crippen molar-refractivity contribution in [2.24, 2.45) is 11.8 Å². The van der Waals surface area contributed by atoms with Gasteiger partial charge in [-0.15, -0.1) is 0 Å². The third kappa shape index (κ3) is 74.3. The summed E-state index contributed by atoms with van der Waals surface area (Å²) in [4.78, 5) is 73.0. The van der Waals surface area contributed by atoms with Gasteiger partial charge >= 0.3 is 39.5 Å². The van der Waals surface area contributed by atoms with Gasteiger partial charge in [-0.05, 0) is 37.5 Å². The fourth-order valence-corrected chi connectivity index (χ4v) is 14.1. The Morgan fingerprint density at radius 1 is 0.270 bits per heavy atom. The van der Waals surface area contributed by atoms with Gasteiger partial charge in [0.05, 0.1) is 26.4 Å². The van der Waals surface area contributed by atoms with Gasteiger partial charge in [0.25, 0.3) is 0 Å². The molecule has 0 aromatic heterocycles. The third-order valence-electron chi connectivity index (χ3n) is 19.0. The quantitative estimate of drug-likeness (QED) is 0.0222. The highest BCUT2D eigenvalue weighted by atomic mass is 31.2. The maximum absolute atomic E-state index is 13.1. The lowest BCUT2D eigenvalue weighted by Crippen LogP contribution is -2.30. The van der Waals surface area contributed by atoms with Crippen molar-refractivity contribution in [1.29, 1.82) is 0 Å². The summed E-state index contributed by atoms with van der Waals surface area (Å²) in [6, 6.07) is 0. The average molecular weight is 1470 g/mol. The molecule has 0 radical (unpaired) electrons. The average Bonchev–Trinajstić information content (AvgIpc) is 0.932. The standard InChI is InChI=1S/C81H158O17P2/c1-7-9-11-13-15-17-19-21-23-24-25-26-28-30-36-40-48-54-60-66-80(85)97-76(69-91-78(83)63-57-51-45-38-34-32-31-33-37-43-49-55-61-73(3)4)71-95-99(87,88)93-67-75(82)68-94-100(89,90)96-72-77(70-92-79(84)64-58-52-46-42-41-44-50-56-62-74(5)6)98-81(86)65-59-53-47-39-35-29-27-22-20-18-16-14-12-10-8-2/h73-77,82H,7-72H2,1-6H3,(H,87,88)(H,89,90)/t75-,76-,77-/m1/s1. The van der Waals surface area contributed by atoms with Gasteiger partial charge in [0, 0.05) is 25.7 Å². The molecule has 0 saturated carbocycles. The number of carbonyl (C=O) groups is 4. The SMILES string of the molecule is CCCCCCCCCCCCCCCCCCCCCC(=O)O[C@H](COC(=O)CCCCCCCCCCCCCCC(C)C)COP(=O)(O)OC[C@@H](O)COP(=O)(O)OC[C@@H](COC(=O)CCCCCCCCCCC(C)C)OC(=O)CCCCCCCCCCCCCCCCC. The fraction of sp³-hybridized carbons (Fsp3) is 0.951. The van der Waals surface area contributed by atoms with Gasteiger partial charge in [0.1, 0.15) is 19.3 Å². The van der Waals surface area contributed by atoms with Crippen molar-refractivity contribution < 1.29 is 80.2 Å². The third-order valence-corrected chi connectivity index (χ3v) is 20.9. The van der Waals surface area contributed by atoms with E-state index in [0.29, 0.717) is 25.7 Å². The van der Waals surface area contributed by atoms with Gasteiger partial charge in [-0.3, -0.25) is 37.3 Å². The van der Waals surface area contributed by atoms with Crippen LogP contribution in [0.25, 0.3) is 0 Å². The first kappa shape index (κ1) is 98.1. The molecule has 0 aliphatic rings. The van der Waals surface area contributed by atoms with E-state index in [9.17, 15) is 43.2 Å². The highest BCUT2D eigenvalue weighted by molar-refractivity contribution is 7.47. The molecule has 0 heterocycles. The molecule has 0 aromatic carbocycles. The van der Waals surface area contributed by atoms with Crippen molar-refractivity contribution in [2.75, 3.05) is 39.6 Å². The zero-order valence-electron chi connectivity index (χ0n) is 65.5. The van der Waals surface area contributed by atoms with E-state index in [1.807, 2.05) is 0 Å². The summed E-state index contributed by atoms with van der Waals surface area (Å²) >= 11 is 0. The van der Waals surface area contributed by atoms with E-state index in [1.54, 1.807) is 0 Å². The molecule has 100 heavy (non-hydrogen) atoms. The zero-order valence-corrected chi connectivity index (χ0v) is 67.3. The molecule has 0 aliphatic heterocycles. The lowest BCUT2D eigenvalue weighted by atomic mass is 10.0. The number of phosphoric ester groups is 2. The number of phosphoric acid groups is 2. The second kappa shape index (κ2) is 72.6. The van der Waals surface area contributed by atoms with Gasteiger partial charge < -0.3 is 33.8 Å². The fourth-order valence-electron chi connectivity index (χ4n) is 12.5. The van der Waals surface area contributed by atoms with Crippen LogP contribution in [0.2, 0.25) is 0 Å². The van der Waals surface area contributed by atoms with Crippen molar-refractivity contribution in [2.45, 2.75) is 445 Å². The van der Waals surface area contributed by atoms with Crippen LogP contribution < -0.4 is 0 Å². The first-order valence-corrected chi connectivity index (χ1v) is 45.0. The summed E-state index contributed by atoms with van der Waals surface area (Å²) < 4.78 is 68.7. The molecule has 0 fully saturated rings. The molecule has 0 amide bonds. The molecule has 2 unspecified atom stereocenters. The summed E-state index contributed by atoms with van der Waals surface area (Å²) in [7, 11) is -9.92. The van der Waals surface area contributed by atoms with Crippen LogP contribution in [0.4, 0.5) is 0 Å². The summed E-state index contributed by atoms with van der Waals surface area (Å²) in [6.07, 6.45) is 62.4. The normalized spacial score (nSPS) is 13.9. The van der Waals surface area contributed by atoms with Gasteiger partial charge in [-0.2, -0.15) is 0 Å². The molecule has 0 saturated heterocycles. The lowest BCUT2D eigenvalue weighted by molar-refractivity contribution is -0.161. The van der Waals surface area contributed by atoms with Crippen LogP contribution in [-0.4, -0.2) is 96.7 Å². The first-order valence-electron chi connectivity index (χ1n) is 42.0. The minimum absolute atomic E-state index is 0.108. The van der Waals surface area contributed by atoms with Gasteiger partial charge in [-0.1, -0.05) is 375 Å². The molecule has 19 heteroatoms. The van der Waals surface area contributed by atoms with Crippen LogP contribution in [0.15, 0.2) is 0 Å². The topological polar surface area (TPSA) is 237 Å². The highest BCUT2D eigenvalue weighted by Gasteiger charge is 2.30. The second-order valence-electron chi connectivity index (χ2n) is 30.1. The summed E-state index contributed by atoms with van der Waals surface area (Å²) in [5, 5.41) is 10.6. The predicted octanol–water partition coefficient (Wildman–Crippen LogP) is 24.3. The van der Waals surface area contributed by atoms with Gasteiger partial charge in [0.15, 0.2) is 12.2 Å². The van der Waals surface area contributed by atoms with E-state index in [1.165, 1.54) is 244 Å². The second-order valence-corrected chi connectivity index (χ2v) is 33.0. The Labute approximate surface area is 613 Å². The number of unbranched alkanes of at least 4 members (excludes halogenated alkanes) is 50. The zero-order chi connectivity index (χ0) is 73.5. The number of carbonyl (C=O) groups excluding carboxylic acids is 4. The van der Waals surface area contributed by atoms with Crippen molar-refractivity contribution in [3.63, 3.8) is 0 Å². The van der Waals surface area contributed by atoms with Crippen LogP contribution in [-0.2, 0) is 65.4 Å². The lowest BCUT2D eigenvalue weighted by Gasteiger charge is -2.21. The minimum atomic E-state index is -4.96. The minimum Gasteiger partial charge on any atom is -0.462 e. The molecule has 0 rings (SSSR count). The molecule has 5 atom stereocenters. The Hall–Kier alpha value is -1.94. The van der Waals surface area contributed by atoms with E-state index in [0.717, 1.165) is 102 Å². The van der Waals surface area contributed by atoms with E-state index in [2.05, 4.69) is 41.5 Å². The highest BCUT2D eigenvalue weighted by Crippen LogP contribution is 2.45. The van der Waals surface area contributed by atoms with E-state index >= 15 is 0 Å². The number of ether oxygens (including phenoxy) is 4. The molecule has 0 bridgehead atoms. The number of esters is 4. The number of hydrogen-bond acceptors (Lipinski definition) is 15. The largest absolute Gasteiger partial charge is 0.472 e. The molecule has 3 N–H and O–H groups in total. The Bertz CT molecular complexity index is 1920. The summed E-state index contributed by atoms with van der Waals surface area (Å²) in [6.45, 7) is 9.62. The number of rotatable bonds is 80. The van der Waals surface area contributed by atoms with E-state index < -0.39 is 97.5 Å². The molecule has 17 nitrogen and oxygen atoms in total. The molecule has 594 valence electrons. The number of aliphatic hydroxyl groups excluding tert-OH is 1. The van der Waals surface area contributed by atoms with Crippen LogP contribution in [0.1, 0.15) is 427 Å². The Kier molecular flexibility index (Phi) is 71.2. The monoisotopic (exact) mass is 1470 g/mol. The Morgan fingerprint density at radius 2 is 0.460 bits per heavy atom. The van der Waals surface area contributed by atoms with Crippen LogP contribution in [0, 0.1) is 11.8 Å². The number of hydrogen-bond donors (Lipinski definition) is 3. The van der Waals surface area contributed by atoms with Crippen molar-refractivity contribution >= 4 is 39.5 Å². The first-order chi connectivity index (χ1) is 48.4. The predicted molar refractivity (Wildman–Crippen MR) is 409 cm³/mol. The smallest absolute Gasteiger partial charge is 0.462 e. The van der Waals surface area contributed by atoms with Crippen LogP contribution in [0.3, 0.4) is 0 Å². The summed E-state index contributed by atoms with van der Waals surface area (Å²) in [5.74, 6) is -0.599. The van der Waals surface area contributed by atoms with E-state index in [4.69, 9.17) is 37.0 Å². The van der Waals surface area contributed by atoms with Crippen molar-refractivity contribution in [3.8, 4) is 0 Å². The van der Waals surface area contributed by atoms with Crippen molar-refractivity contribution in [3.05, 3.63) is 0 Å².